The van der Waals surface area contributed by atoms with Crippen molar-refractivity contribution in [1.82, 2.24) is 35.1 Å². The second-order valence-corrected chi connectivity index (χ2v) is 18.6. The molecule has 456 valence electrons. The number of amides is 2. The first-order valence-corrected chi connectivity index (χ1v) is 25.3. The van der Waals surface area contributed by atoms with Gasteiger partial charge in [-0.1, -0.05) is 48.5 Å². The molecular weight excluding hydrogens is 1120 g/mol. The van der Waals surface area contributed by atoms with E-state index in [4.69, 9.17) is 35.7 Å². The summed E-state index contributed by atoms with van der Waals surface area (Å²) in [5.41, 5.74) is 13.1. The lowest BCUT2D eigenvalue weighted by molar-refractivity contribution is -0.676. The van der Waals surface area contributed by atoms with E-state index in [0.29, 0.717) is 49.2 Å². The molecule has 3 aromatic carbocycles. The summed E-state index contributed by atoms with van der Waals surface area (Å²) in [6.45, 7) is 3.53. The molecule has 0 radical (unpaired) electrons. The molecule has 31 heteroatoms. The van der Waals surface area contributed by atoms with Gasteiger partial charge in [-0.3, -0.25) is 14.5 Å². The number of fused-ring (bicyclic) bond motifs is 2. The number of aromatic nitrogens is 5. The highest BCUT2D eigenvalue weighted by Crippen LogP contribution is 2.23. The number of nitrogens with zero attached hydrogens (tertiary/aromatic N) is 5. The molecule has 6 rings (SSSR count). The van der Waals surface area contributed by atoms with Gasteiger partial charge in [0.2, 0.25) is 0 Å². The van der Waals surface area contributed by atoms with Crippen molar-refractivity contribution in [2.24, 2.45) is 0 Å². The van der Waals surface area contributed by atoms with Crippen LogP contribution in [0.2, 0.25) is 0 Å². The summed E-state index contributed by atoms with van der Waals surface area (Å²) in [6.07, 6.45) is -21.9. The molecule has 6 aromatic rings. The Morgan fingerprint density at radius 3 is 1.66 bits per heavy atom. The first-order valence-electron chi connectivity index (χ1n) is 25.3. The van der Waals surface area contributed by atoms with Crippen LogP contribution in [0.25, 0.3) is 33.3 Å². The number of carboxylic acid groups (broad SMARTS) is 2. The first-order chi connectivity index (χ1) is 39.0. The van der Waals surface area contributed by atoms with E-state index in [-0.39, 0.29) is 43.6 Å². The molecule has 3 aromatic heterocycles. The summed E-state index contributed by atoms with van der Waals surface area (Å²) < 4.78 is 67.4. The number of alkyl halides is 6. The topological polar surface area (TPSA) is 418 Å². The Hall–Kier alpha value is -7.43. The van der Waals surface area contributed by atoms with Crippen LogP contribution in [0.15, 0.2) is 79.0 Å². The van der Waals surface area contributed by atoms with Crippen molar-refractivity contribution in [1.29, 1.82) is 0 Å². The Morgan fingerprint density at radius 2 is 1.20 bits per heavy atom. The first kappa shape index (κ1) is 68.1. The number of halogens is 6. The van der Waals surface area contributed by atoms with Crippen LogP contribution in [0.4, 0.5) is 32.2 Å². The number of imidazole rings is 1. The number of nitrogens with two attached hydrogens (primary N) is 1. The SMILES string of the molecule is CCn1c(CNC(=O)c2nc3cc[nH]c3nc2N)[n+](CC)c2ccc(C(=O)NCCc3ccc(-c4ccc(CCN(C[C@H](O)[C@@H](O)[C@H](O)[C@H](O)CO)C[C@H](O)[C@@H](O)[C@H](O)[C@H](O)CO)cc4)cc3)cc21.O=C(O)C(F)(F)F.O=C([O-])C(F)(F)F. The predicted molar refractivity (Wildman–Crippen MR) is 278 cm³/mol. The fourth-order valence-corrected chi connectivity index (χ4v) is 8.29. The van der Waals surface area contributed by atoms with Crippen molar-refractivity contribution in [2.75, 3.05) is 45.1 Å². The van der Waals surface area contributed by atoms with Crippen molar-refractivity contribution < 1.29 is 111 Å². The van der Waals surface area contributed by atoms with Crippen LogP contribution in [-0.4, -0.2) is 205 Å². The summed E-state index contributed by atoms with van der Waals surface area (Å²) in [6, 6.07) is 22.9. The molecule has 3 heterocycles. The third kappa shape index (κ3) is 19.1. The number of hydrogen-bond acceptors (Lipinski definition) is 19. The fraction of sp³-hybridized carbons (Fsp3) is 0.442. The third-order valence-corrected chi connectivity index (χ3v) is 12.8. The molecule has 2 amide bonds. The number of benzene rings is 3. The maximum atomic E-state index is 13.4. The molecule has 0 aliphatic rings. The summed E-state index contributed by atoms with van der Waals surface area (Å²) in [4.78, 5) is 57.3. The molecule has 16 N–H and O–H groups in total. The number of aliphatic hydroxyl groups is 10. The molecule has 0 saturated carbocycles. The largest absolute Gasteiger partial charge is 0.542 e. The molecule has 8 atom stereocenters. The molecule has 0 aliphatic heterocycles. The van der Waals surface area contributed by atoms with Crippen molar-refractivity contribution in [2.45, 2.75) is 108 Å². The number of aromatic amines is 1. The molecule has 0 fully saturated rings. The van der Waals surface area contributed by atoms with Crippen LogP contribution in [-0.2, 0) is 42.1 Å². The number of rotatable bonds is 25. The smallest absolute Gasteiger partial charge is 0.490 e. The van der Waals surface area contributed by atoms with Crippen LogP contribution in [0.3, 0.4) is 0 Å². The van der Waals surface area contributed by atoms with Gasteiger partial charge in [0.15, 0.2) is 28.2 Å². The monoisotopic (exact) mass is 1190 g/mol. The maximum absolute atomic E-state index is 13.4. The van der Waals surface area contributed by atoms with Gasteiger partial charge in [-0.2, -0.15) is 26.3 Å². The number of nitrogens with one attached hydrogen (secondary N) is 3. The van der Waals surface area contributed by atoms with Crippen LogP contribution >= 0.6 is 0 Å². The average Bonchev–Trinajstić information content (AvgIpc) is 2.43. The summed E-state index contributed by atoms with van der Waals surface area (Å²) >= 11 is 0. The van der Waals surface area contributed by atoms with E-state index in [9.17, 15) is 76.8 Å². The number of aliphatic hydroxyl groups excluding tert-OH is 10. The highest BCUT2D eigenvalue weighted by Gasteiger charge is 2.38. The van der Waals surface area contributed by atoms with Crippen molar-refractivity contribution >= 4 is 51.8 Å². The second kappa shape index (κ2) is 30.7. The maximum Gasteiger partial charge on any atom is 0.490 e. The van der Waals surface area contributed by atoms with E-state index in [1.54, 1.807) is 18.3 Å². The van der Waals surface area contributed by atoms with Gasteiger partial charge in [0.1, 0.15) is 54.7 Å². The Morgan fingerprint density at radius 1 is 0.711 bits per heavy atom. The van der Waals surface area contributed by atoms with E-state index < -0.39 is 92.2 Å². The second-order valence-electron chi connectivity index (χ2n) is 18.6. The van der Waals surface area contributed by atoms with Gasteiger partial charge in [-0.05, 0) is 67.1 Å². The van der Waals surface area contributed by atoms with Gasteiger partial charge >= 0.3 is 18.3 Å². The molecule has 0 bridgehead atoms. The minimum atomic E-state index is -5.19. The third-order valence-electron chi connectivity index (χ3n) is 12.8. The van der Waals surface area contributed by atoms with Gasteiger partial charge in [0.25, 0.3) is 17.6 Å². The fourth-order valence-electron chi connectivity index (χ4n) is 8.29. The standard InChI is InChI=1S/C48H63N9O12.2C2HF3O2/c1-3-56-33-14-13-31(21-34(33)57(4-2)39(56)22-52-48(69)40-45(49)54-46-32(53-40)16-19-50-46)47(68)51-18-15-27-5-9-29(10-6-27)30-11-7-28(8-12-30)17-20-55(23-35(60)41(64)43(66)37(62)25-58)24-36(61)42(65)44(67)38(63)26-59;2*3-2(4,5)1(6)7/h5-14,16,19,21,35-38,41-44,58-67H,3-4,15,17-18,20,22-26H2,1-2H3,(H4-,49,50,51,52,53,54,68,69);2*(H,6,7)/t35-,36-,37+,38+,41+,42+,43+,44+;;/m0../s1. The predicted octanol–water partition coefficient (Wildman–Crippen LogP) is -1.96. The summed E-state index contributed by atoms with van der Waals surface area (Å²) in [7, 11) is 0. The van der Waals surface area contributed by atoms with Crippen LogP contribution in [0.5, 0.6) is 0 Å². The highest BCUT2D eigenvalue weighted by atomic mass is 19.4. The van der Waals surface area contributed by atoms with E-state index in [1.165, 1.54) is 4.90 Å². The number of aliphatic carboxylic acids is 2. The quantitative estimate of drug-likeness (QED) is 0.0219. The Balaban J connectivity index is 0.000000936. The van der Waals surface area contributed by atoms with Crippen LogP contribution < -0.4 is 26.0 Å². The van der Waals surface area contributed by atoms with Gasteiger partial charge in [0, 0.05) is 44.0 Å². The van der Waals surface area contributed by atoms with Gasteiger partial charge < -0.3 is 87.4 Å². The lowest BCUT2D eigenvalue weighted by atomic mass is 10.00. The molecule has 83 heavy (non-hydrogen) atoms. The molecule has 0 unspecified atom stereocenters. The number of carbonyl (C=O) groups excluding carboxylic acids is 3. The van der Waals surface area contributed by atoms with Crippen molar-refractivity contribution in [3.63, 3.8) is 0 Å². The molecule has 25 nitrogen and oxygen atoms in total. The Labute approximate surface area is 468 Å². The molecule has 0 spiro atoms. The lowest BCUT2D eigenvalue weighted by Gasteiger charge is -2.33. The Bertz CT molecular complexity index is 3020. The number of nitrogen functional groups attached to an aromatic ring is 1. The summed E-state index contributed by atoms with van der Waals surface area (Å²) in [5, 5.41) is 122. The Kier molecular flexibility index (Phi) is 25.2. The number of carboxylic acids is 2. The normalized spacial score (nSPS) is 14.7. The number of hydrogen-bond donors (Lipinski definition) is 15. The van der Waals surface area contributed by atoms with Crippen molar-refractivity contribution in [3.05, 3.63) is 107 Å². The minimum absolute atomic E-state index is 0.0228. The summed E-state index contributed by atoms with van der Waals surface area (Å²) in [5.74, 6) is -5.57. The lowest BCUT2D eigenvalue weighted by Crippen LogP contribution is -2.53. The average molecular weight is 1190 g/mol. The van der Waals surface area contributed by atoms with Gasteiger partial charge in [-0.15, -0.1) is 0 Å². The number of carbonyl (C=O) groups is 4. The minimum Gasteiger partial charge on any atom is -0.542 e. The molecular formula is C52H65F6N9O16. The van der Waals surface area contributed by atoms with E-state index >= 15 is 0 Å². The zero-order valence-corrected chi connectivity index (χ0v) is 44.4. The van der Waals surface area contributed by atoms with E-state index in [0.717, 1.165) is 39.1 Å². The zero-order valence-electron chi connectivity index (χ0n) is 44.4. The van der Waals surface area contributed by atoms with E-state index in [1.807, 2.05) is 74.5 Å². The van der Waals surface area contributed by atoms with Gasteiger partial charge in [-0.25, -0.2) is 23.9 Å². The highest BCUT2D eigenvalue weighted by molar-refractivity contribution is 5.98. The molecule has 0 aliphatic carbocycles. The number of anilines is 1. The van der Waals surface area contributed by atoms with Crippen LogP contribution in [0.1, 0.15) is 51.6 Å². The molecule has 0 saturated heterocycles. The van der Waals surface area contributed by atoms with Gasteiger partial charge in [0.05, 0.1) is 38.5 Å². The number of aryl methyl sites for hydroxylation is 2. The van der Waals surface area contributed by atoms with Crippen molar-refractivity contribution in [3.8, 4) is 11.1 Å². The van der Waals surface area contributed by atoms with E-state index in [2.05, 4.69) is 34.7 Å². The number of H-pyrrole nitrogens is 1. The van der Waals surface area contributed by atoms with Crippen LogP contribution in [0, 0.1) is 0 Å². The zero-order chi connectivity index (χ0) is 62.1.